The Bertz CT molecular complexity index is 1190. The van der Waals surface area contributed by atoms with Crippen LogP contribution >= 0.6 is 0 Å². The number of rotatable bonds is 47. The molecule has 6 heteroatoms. The standard InChI is InChI=1S/C57H98O6/c1-4-7-10-13-15-17-19-21-23-24-25-26-27-28-29-30-31-32-34-35-37-39-41-44-47-50-56(59)62-53-54(52-61-55(58)49-46-43-12-9-6-3)63-57(60)51-48-45-42-40-38-36-33-22-20-18-16-14-11-8-5-2/h7,10,15-18,21-23,25-26,33,54H,4-6,8-9,11-14,19-20,24,27-32,34-53H2,1-3H3/b10-7-,17-15-,18-16-,23-21-,26-25-,33-22-. The van der Waals surface area contributed by atoms with Gasteiger partial charge in [0.25, 0.3) is 0 Å². The maximum atomic E-state index is 12.7. The molecule has 0 aromatic rings. The van der Waals surface area contributed by atoms with Crippen molar-refractivity contribution in [2.24, 2.45) is 0 Å². The molecule has 0 saturated carbocycles. The first-order chi connectivity index (χ1) is 31.0. The van der Waals surface area contributed by atoms with Crippen molar-refractivity contribution in [3.05, 3.63) is 72.9 Å². The fraction of sp³-hybridized carbons (Fsp3) is 0.737. The smallest absolute Gasteiger partial charge is 0.306 e. The fourth-order valence-corrected chi connectivity index (χ4v) is 7.23. The van der Waals surface area contributed by atoms with Crippen LogP contribution in [0.4, 0.5) is 0 Å². The molecule has 0 heterocycles. The second kappa shape index (κ2) is 51.5. The molecule has 0 fully saturated rings. The van der Waals surface area contributed by atoms with Gasteiger partial charge >= 0.3 is 17.9 Å². The van der Waals surface area contributed by atoms with Gasteiger partial charge in [-0.15, -0.1) is 0 Å². The van der Waals surface area contributed by atoms with Gasteiger partial charge in [-0.1, -0.05) is 216 Å². The molecule has 0 N–H and O–H groups in total. The van der Waals surface area contributed by atoms with Crippen LogP contribution in [0.25, 0.3) is 0 Å². The van der Waals surface area contributed by atoms with Gasteiger partial charge in [0.1, 0.15) is 13.2 Å². The Kier molecular flexibility index (Phi) is 48.9. The zero-order valence-electron chi connectivity index (χ0n) is 41.3. The first-order valence-electron chi connectivity index (χ1n) is 26.4. The molecule has 0 aliphatic rings. The summed E-state index contributed by atoms with van der Waals surface area (Å²) in [6, 6.07) is 0. The quantitative estimate of drug-likeness (QED) is 0.0262. The number of ether oxygens (including phenoxy) is 3. The predicted octanol–water partition coefficient (Wildman–Crippen LogP) is 17.4. The number of hydrogen-bond donors (Lipinski definition) is 0. The highest BCUT2D eigenvalue weighted by Gasteiger charge is 2.19. The van der Waals surface area contributed by atoms with Gasteiger partial charge in [0.15, 0.2) is 6.10 Å². The highest BCUT2D eigenvalue weighted by Crippen LogP contribution is 2.15. The summed E-state index contributed by atoms with van der Waals surface area (Å²) >= 11 is 0. The first-order valence-corrected chi connectivity index (χ1v) is 26.4. The van der Waals surface area contributed by atoms with Crippen LogP contribution in [0.2, 0.25) is 0 Å². The normalized spacial score (nSPS) is 12.6. The maximum absolute atomic E-state index is 12.7. The van der Waals surface area contributed by atoms with E-state index in [-0.39, 0.29) is 31.1 Å². The summed E-state index contributed by atoms with van der Waals surface area (Å²) in [6.07, 6.45) is 65.0. The van der Waals surface area contributed by atoms with Gasteiger partial charge in [-0.25, -0.2) is 0 Å². The van der Waals surface area contributed by atoms with E-state index in [9.17, 15) is 14.4 Å². The Morgan fingerprint density at radius 3 is 1.00 bits per heavy atom. The van der Waals surface area contributed by atoms with Crippen molar-refractivity contribution in [2.75, 3.05) is 13.2 Å². The molecule has 1 unspecified atom stereocenters. The molecule has 0 aliphatic carbocycles. The Morgan fingerprint density at radius 2 is 0.619 bits per heavy atom. The summed E-state index contributed by atoms with van der Waals surface area (Å²) in [7, 11) is 0. The van der Waals surface area contributed by atoms with Crippen molar-refractivity contribution < 1.29 is 28.6 Å². The van der Waals surface area contributed by atoms with Crippen molar-refractivity contribution in [1.82, 2.24) is 0 Å². The van der Waals surface area contributed by atoms with Gasteiger partial charge in [0, 0.05) is 19.3 Å². The monoisotopic (exact) mass is 879 g/mol. The van der Waals surface area contributed by atoms with E-state index < -0.39 is 6.10 Å². The van der Waals surface area contributed by atoms with E-state index >= 15 is 0 Å². The number of allylic oxidation sites excluding steroid dienone is 12. The molecule has 0 saturated heterocycles. The molecule has 0 rings (SSSR count). The number of unbranched alkanes of at least 4 members (excludes halogenated alkanes) is 24. The highest BCUT2D eigenvalue weighted by molar-refractivity contribution is 5.71. The maximum Gasteiger partial charge on any atom is 0.306 e. The number of carbonyl (C=O) groups is 3. The molecule has 6 nitrogen and oxygen atoms in total. The second-order valence-electron chi connectivity index (χ2n) is 17.4. The van der Waals surface area contributed by atoms with Crippen LogP contribution in [0, 0.1) is 0 Å². The highest BCUT2D eigenvalue weighted by atomic mass is 16.6. The summed E-state index contributed by atoms with van der Waals surface area (Å²) < 4.78 is 16.7. The van der Waals surface area contributed by atoms with Crippen molar-refractivity contribution >= 4 is 17.9 Å². The summed E-state index contributed by atoms with van der Waals surface area (Å²) in [6.45, 7) is 6.41. The van der Waals surface area contributed by atoms with Gasteiger partial charge < -0.3 is 14.2 Å². The van der Waals surface area contributed by atoms with E-state index in [0.717, 1.165) is 116 Å². The Morgan fingerprint density at radius 1 is 0.333 bits per heavy atom. The topological polar surface area (TPSA) is 78.9 Å². The lowest BCUT2D eigenvalue weighted by Gasteiger charge is -2.18. The van der Waals surface area contributed by atoms with Crippen molar-refractivity contribution in [1.29, 1.82) is 0 Å². The molecule has 0 aromatic carbocycles. The second-order valence-corrected chi connectivity index (χ2v) is 17.4. The molecular formula is C57H98O6. The van der Waals surface area contributed by atoms with Crippen molar-refractivity contribution in [2.45, 2.75) is 258 Å². The lowest BCUT2D eigenvalue weighted by atomic mass is 10.0. The summed E-state index contributed by atoms with van der Waals surface area (Å²) in [4.78, 5) is 37.7. The van der Waals surface area contributed by atoms with Crippen LogP contribution in [0.1, 0.15) is 252 Å². The lowest BCUT2D eigenvalue weighted by Crippen LogP contribution is -2.30. The van der Waals surface area contributed by atoms with E-state index in [4.69, 9.17) is 14.2 Å². The lowest BCUT2D eigenvalue weighted by molar-refractivity contribution is -0.167. The number of esters is 3. The van der Waals surface area contributed by atoms with Crippen molar-refractivity contribution in [3.63, 3.8) is 0 Å². The predicted molar refractivity (Wildman–Crippen MR) is 270 cm³/mol. The van der Waals surface area contributed by atoms with E-state index in [2.05, 4.69) is 93.7 Å². The minimum Gasteiger partial charge on any atom is -0.462 e. The van der Waals surface area contributed by atoms with Gasteiger partial charge in [-0.3, -0.25) is 14.4 Å². The average Bonchev–Trinajstić information content (AvgIpc) is 3.28. The summed E-state index contributed by atoms with van der Waals surface area (Å²) in [5.74, 6) is -0.909. The van der Waals surface area contributed by atoms with Crippen LogP contribution < -0.4 is 0 Å². The Labute approximate surface area is 389 Å². The van der Waals surface area contributed by atoms with Crippen LogP contribution in [0.3, 0.4) is 0 Å². The summed E-state index contributed by atoms with van der Waals surface area (Å²) in [5, 5.41) is 0. The molecule has 0 amide bonds. The van der Waals surface area contributed by atoms with Crippen LogP contribution in [-0.4, -0.2) is 37.2 Å². The van der Waals surface area contributed by atoms with Gasteiger partial charge in [0.2, 0.25) is 0 Å². The summed E-state index contributed by atoms with van der Waals surface area (Å²) in [5.41, 5.74) is 0. The van der Waals surface area contributed by atoms with E-state index in [1.54, 1.807) is 0 Å². The number of hydrogen-bond acceptors (Lipinski definition) is 6. The molecule has 1 atom stereocenters. The minimum absolute atomic E-state index is 0.0815. The molecule has 0 radical (unpaired) electrons. The zero-order valence-corrected chi connectivity index (χ0v) is 41.3. The third-order valence-corrected chi connectivity index (χ3v) is 11.2. The Hall–Kier alpha value is -3.15. The van der Waals surface area contributed by atoms with Gasteiger partial charge in [-0.05, 0) is 89.9 Å². The number of carbonyl (C=O) groups excluding carboxylic acids is 3. The SMILES string of the molecule is CC/C=C\C/C=C\C/C=C\C/C=C\CCCCCCCCCCCCCCC(=O)OCC(COC(=O)CCCCCCC)OC(=O)CCCCCCC/C=C\C/C=C\CCCCC. The van der Waals surface area contributed by atoms with Crippen molar-refractivity contribution in [3.8, 4) is 0 Å². The van der Waals surface area contributed by atoms with E-state index in [0.29, 0.717) is 19.3 Å². The minimum atomic E-state index is -0.778. The van der Waals surface area contributed by atoms with E-state index in [1.807, 2.05) is 0 Å². The molecule has 0 aliphatic heterocycles. The third-order valence-electron chi connectivity index (χ3n) is 11.2. The van der Waals surface area contributed by atoms with Gasteiger partial charge in [-0.2, -0.15) is 0 Å². The van der Waals surface area contributed by atoms with Crippen LogP contribution in [-0.2, 0) is 28.6 Å². The molecule has 0 spiro atoms. The Balaban J connectivity index is 4.10. The zero-order chi connectivity index (χ0) is 45.8. The van der Waals surface area contributed by atoms with Crippen LogP contribution in [0.5, 0.6) is 0 Å². The molecular weight excluding hydrogens is 781 g/mol. The fourth-order valence-electron chi connectivity index (χ4n) is 7.23. The van der Waals surface area contributed by atoms with E-state index in [1.165, 1.54) is 96.3 Å². The first kappa shape index (κ1) is 59.9. The van der Waals surface area contributed by atoms with Crippen LogP contribution in [0.15, 0.2) is 72.9 Å². The molecule has 0 bridgehead atoms. The largest absolute Gasteiger partial charge is 0.462 e. The average molecular weight is 879 g/mol. The molecule has 362 valence electrons. The third kappa shape index (κ3) is 49.7. The molecule has 0 aromatic heterocycles. The van der Waals surface area contributed by atoms with Gasteiger partial charge in [0.05, 0.1) is 0 Å². The molecule has 63 heavy (non-hydrogen) atoms.